The maximum atomic E-state index is 13.3. The highest BCUT2D eigenvalue weighted by molar-refractivity contribution is 6.17. The van der Waals surface area contributed by atoms with Crippen molar-refractivity contribution >= 4 is 27.7 Å². The summed E-state index contributed by atoms with van der Waals surface area (Å²) in [5.74, 6) is -0.629. The van der Waals surface area contributed by atoms with Gasteiger partial charge < -0.3 is 10.3 Å². The molecule has 1 aromatic heterocycles. The number of nitrogens with two attached hydrogens (primary N) is 1. The Balaban J connectivity index is 2.03. The third-order valence-electron chi connectivity index (χ3n) is 5.13. The molecule has 2 N–H and O–H groups in total. The highest BCUT2D eigenvalue weighted by atomic mass is 19.4. The van der Waals surface area contributed by atoms with Crippen LogP contribution in [0.3, 0.4) is 0 Å². The van der Waals surface area contributed by atoms with Crippen LogP contribution in [0, 0.1) is 6.07 Å². The van der Waals surface area contributed by atoms with Crippen molar-refractivity contribution in [2.24, 2.45) is 5.73 Å². The number of fused-ring (bicyclic) bond motifs is 3. The van der Waals surface area contributed by atoms with Crippen molar-refractivity contribution in [3.05, 3.63) is 82.9 Å². The largest absolute Gasteiger partial charge is 0.416 e. The molecule has 1 radical (unpaired) electrons. The van der Waals surface area contributed by atoms with Crippen molar-refractivity contribution in [1.82, 2.24) is 4.57 Å². The number of hydrogen-bond donors (Lipinski definition) is 1. The van der Waals surface area contributed by atoms with E-state index >= 15 is 0 Å². The summed E-state index contributed by atoms with van der Waals surface area (Å²) in [5.41, 5.74) is 8.13. The molecule has 0 saturated carbocycles. The highest BCUT2D eigenvalue weighted by Gasteiger charge is 2.31. The zero-order valence-electron chi connectivity index (χ0n) is 15.7. The Morgan fingerprint density at radius 3 is 2.48 bits per heavy atom. The molecular formula is C23H18F3N2O. The second-order valence-electron chi connectivity index (χ2n) is 6.97. The average molecular weight is 395 g/mol. The van der Waals surface area contributed by atoms with Crippen LogP contribution in [-0.4, -0.2) is 10.5 Å². The fourth-order valence-electron chi connectivity index (χ4n) is 3.73. The van der Waals surface area contributed by atoms with E-state index < -0.39 is 17.6 Å². The van der Waals surface area contributed by atoms with Crippen molar-refractivity contribution in [2.45, 2.75) is 26.1 Å². The lowest BCUT2D eigenvalue weighted by atomic mass is 10.0. The number of benzene rings is 3. The molecule has 147 valence electrons. The van der Waals surface area contributed by atoms with E-state index in [9.17, 15) is 18.0 Å². The van der Waals surface area contributed by atoms with Crippen LogP contribution in [0.4, 0.5) is 13.2 Å². The Morgan fingerprint density at radius 1 is 1.07 bits per heavy atom. The number of amides is 1. The van der Waals surface area contributed by atoms with Crippen LogP contribution in [-0.2, 0) is 19.1 Å². The van der Waals surface area contributed by atoms with Crippen molar-refractivity contribution in [1.29, 1.82) is 0 Å². The van der Waals surface area contributed by atoms with Crippen LogP contribution in [0.5, 0.6) is 0 Å². The summed E-state index contributed by atoms with van der Waals surface area (Å²) in [6, 6.07) is 17.7. The van der Waals surface area contributed by atoms with E-state index in [4.69, 9.17) is 5.73 Å². The van der Waals surface area contributed by atoms with E-state index in [2.05, 4.69) is 6.07 Å². The van der Waals surface area contributed by atoms with Gasteiger partial charge in [0.1, 0.15) is 0 Å². The highest BCUT2D eigenvalue weighted by Crippen LogP contribution is 2.36. The number of alkyl halides is 3. The number of aryl methyl sites for hydroxylation is 1. The smallest absolute Gasteiger partial charge is 0.366 e. The molecule has 29 heavy (non-hydrogen) atoms. The summed E-state index contributed by atoms with van der Waals surface area (Å²) in [5, 5.41) is 0.976. The monoisotopic (exact) mass is 395 g/mol. The predicted octanol–water partition coefficient (Wildman–Crippen LogP) is 5.32. The van der Waals surface area contributed by atoms with Crippen molar-refractivity contribution in [3.8, 4) is 0 Å². The first kappa shape index (κ1) is 19.1. The fraction of sp³-hybridized carbons (Fsp3) is 0.174. The minimum Gasteiger partial charge on any atom is -0.366 e. The molecule has 0 aliphatic heterocycles. The van der Waals surface area contributed by atoms with Crippen LogP contribution >= 0.6 is 0 Å². The van der Waals surface area contributed by atoms with Gasteiger partial charge in [0.15, 0.2) is 0 Å². The van der Waals surface area contributed by atoms with Gasteiger partial charge in [-0.1, -0.05) is 37.3 Å². The molecule has 0 aliphatic carbocycles. The predicted molar refractivity (Wildman–Crippen MR) is 107 cm³/mol. The molecule has 3 nitrogen and oxygen atoms in total. The molecule has 0 fully saturated rings. The summed E-state index contributed by atoms with van der Waals surface area (Å²) in [6.45, 7) is 2.41. The van der Waals surface area contributed by atoms with E-state index in [-0.39, 0.29) is 5.56 Å². The van der Waals surface area contributed by atoms with Gasteiger partial charge in [-0.15, -0.1) is 0 Å². The van der Waals surface area contributed by atoms with Gasteiger partial charge in [0.2, 0.25) is 5.91 Å². The number of nitrogens with zero attached hydrogens (tertiary/aromatic N) is 1. The number of hydrogen-bond acceptors (Lipinski definition) is 1. The van der Waals surface area contributed by atoms with Gasteiger partial charge in [0.05, 0.1) is 16.6 Å². The third kappa shape index (κ3) is 3.35. The minimum absolute atomic E-state index is 0.268. The quantitative estimate of drug-likeness (QED) is 0.499. The van der Waals surface area contributed by atoms with Crippen LogP contribution in [0.2, 0.25) is 0 Å². The third-order valence-corrected chi connectivity index (χ3v) is 5.13. The Labute approximate surface area is 165 Å². The number of rotatable bonds is 4. The summed E-state index contributed by atoms with van der Waals surface area (Å²) >= 11 is 0. The summed E-state index contributed by atoms with van der Waals surface area (Å²) in [7, 11) is 0. The molecule has 0 bridgehead atoms. The van der Waals surface area contributed by atoms with Crippen molar-refractivity contribution in [3.63, 3.8) is 0 Å². The normalized spacial score (nSPS) is 12.0. The molecule has 1 amide bonds. The average Bonchev–Trinajstić information content (AvgIpc) is 3.00. The minimum atomic E-state index is -4.49. The van der Waals surface area contributed by atoms with E-state index in [1.807, 2.05) is 31.2 Å². The molecule has 0 spiro atoms. The first-order valence-electron chi connectivity index (χ1n) is 9.21. The summed E-state index contributed by atoms with van der Waals surface area (Å²) < 4.78 is 41.8. The summed E-state index contributed by atoms with van der Waals surface area (Å²) in [4.78, 5) is 12.0. The molecule has 4 aromatic rings. The van der Waals surface area contributed by atoms with Crippen molar-refractivity contribution < 1.29 is 18.0 Å². The number of carbonyl (C=O) groups is 1. The summed E-state index contributed by atoms with van der Waals surface area (Å²) in [6.07, 6.45) is -3.63. The van der Waals surface area contributed by atoms with Gasteiger partial charge >= 0.3 is 6.18 Å². The van der Waals surface area contributed by atoms with E-state index in [0.29, 0.717) is 28.4 Å². The number of halogens is 3. The molecule has 3 aromatic carbocycles. The second kappa shape index (κ2) is 6.95. The van der Waals surface area contributed by atoms with Crippen molar-refractivity contribution in [2.75, 3.05) is 0 Å². The molecule has 0 aliphatic rings. The maximum Gasteiger partial charge on any atom is 0.416 e. The first-order valence-corrected chi connectivity index (χ1v) is 9.21. The lowest BCUT2D eigenvalue weighted by Gasteiger charge is -2.11. The maximum absolute atomic E-state index is 13.3. The van der Waals surface area contributed by atoms with Gasteiger partial charge in [0, 0.05) is 22.9 Å². The Morgan fingerprint density at radius 2 is 1.79 bits per heavy atom. The molecule has 6 heteroatoms. The number of aromatic nitrogens is 1. The van der Waals surface area contributed by atoms with Gasteiger partial charge in [-0.05, 0) is 47.9 Å². The second-order valence-corrected chi connectivity index (χ2v) is 6.97. The first-order chi connectivity index (χ1) is 13.8. The van der Waals surface area contributed by atoms with E-state index in [0.717, 1.165) is 29.7 Å². The lowest BCUT2D eigenvalue weighted by Crippen LogP contribution is -2.11. The van der Waals surface area contributed by atoms with Crippen LogP contribution in [0.25, 0.3) is 21.8 Å². The number of carbonyl (C=O) groups excluding carboxylic acids is 1. The van der Waals surface area contributed by atoms with Gasteiger partial charge in [-0.3, -0.25) is 4.79 Å². The van der Waals surface area contributed by atoms with Gasteiger partial charge in [0.25, 0.3) is 0 Å². The fourth-order valence-corrected chi connectivity index (χ4v) is 3.73. The lowest BCUT2D eigenvalue weighted by molar-refractivity contribution is -0.137. The number of primary amides is 1. The van der Waals surface area contributed by atoms with E-state index in [1.165, 1.54) is 0 Å². The Bertz CT molecular complexity index is 1240. The van der Waals surface area contributed by atoms with Crippen LogP contribution < -0.4 is 5.73 Å². The molecule has 1 heterocycles. The standard InChI is InChI=1S/C23H18F3N2O/c1-2-14-5-3-6-15(11-14)13-28-19-8-4-7-18(22(27)29)21(19)17-10-9-16(12-20(17)28)23(24,25)26/h3-9,11-12H,2,13H2,1H3,(H2,27,29). The Kier molecular flexibility index (Phi) is 4.57. The van der Waals surface area contributed by atoms with E-state index in [1.54, 1.807) is 22.8 Å². The molecule has 0 atom stereocenters. The molecular weight excluding hydrogens is 377 g/mol. The van der Waals surface area contributed by atoms with Gasteiger partial charge in [-0.2, -0.15) is 13.2 Å². The van der Waals surface area contributed by atoms with Crippen LogP contribution in [0.15, 0.2) is 54.6 Å². The van der Waals surface area contributed by atoms with Gasteiger partial charge in [-0.25, -0.2) is 0 Å². The zero-order valence-corrected chi connectivity index (χ0v) is 15.7. The molecule has 0 saturated heterocycles. The van der Waals surface area contributed by atoms with Crippen LogP contribution in [0.1, 0.15) is 34.0 Å². The Hall–Kier alpha value is -3.28. The zero-order chi connectivity index (χ0) is 20.8. The molecule has 0 unspecified atom stereocenters. The molecule has 4 rings (SSSR count). The topological polar surface area (TPSA) is 48.0 Å². The SMILES string of the molecule is CCc1cccc(Cn2c3cc(C(F)(F)F)c[c]c3c3c(C(N)=O)cccc32)c1.